The first-order valence-corrected chi connectivity index (χ1v) is 7.99. The average Bonchev–Trinajstić information content (AvgIpc) is 3.06. The maximum Gasteiger partial charge on any atom is 0.153 e. The van der Waals surface area contributed by atoms with E-state index in [2.05, 4.69) is 11.1 Å². The Morgan fingerprint density at radius 1 is 1.04 bits per heavy atom. The van der Waals surface area contributed by atoms with Gasteiger partial charge in [0.15, 0.2) is 5.76 Å². The number of nitriles is 1. The molecule has 0 saturated heterocycles. The summed E-state index contributed by atoms with van der Waals surface area (Å²) in [4.78, 5) is 4.35. The summed E-state index contributed by atoms with van der Waals surface area (Å²) in [5.41, 5.74) is 9.26. The highest BCUT2D eigenvalue weighted by molar-refractivity contribution is 6.30. The van der Waals surface area contributed by atoms with E-state index in [9.17, 15) is 5.26 Å². The number of pyridine rings is 1. The second kappa shape index (κ2) is 5.97. The molecule has 2 aromatic carbocycles. The van der Waals surface area contributed by atoms with Crippen LogP contribution in [0.2, 0.25) is 5.02 Å². The molecule has 4 aromatic rings. The smallest absolute Gasteiger partial charge is 0.153 e. The highest BCUT2D eigenvalue weighted by Gasteiger charge is 2.15. The van der Waals surface area contributed by atoms with E-state index in [4.69, 9.17) is 21.8 Å². The zero-order valence-corrected chi connectivity index (χ0v) is 13.8. The fourth-order valence-corrected chi connectivity index (χ4v) is 2.90. The predicted molar refractivity (Wildman–Crippen MR) is 99.0 cm³/mol. The Morgan fingerprint density at radius 2 is 1.80 bits per heavy atom. The van der Waals surface area contributed by atoms with Crippen LogP contribution in [-0.4, -0.2) is 4.98 Å². The fourth-order valence-electron chi connectivity index (χ4n) is 2.77. The minimum atomic E-state index is 0.172. The number of furan rings is 1. The molecule has 4 nitrogen and oxygen atoms in total. The average molecular weight is 346 g/mol. The van der Waals surface area contributed by atoms with Gasteiger partial charge in [-0.05, 0) is 35.9 Å². The Balaban J connectivity index is 1.92. The zero-order valence-electron chi connectivity index (χ0n) is 13.0. The van der Waals surface area contributed by atoms with Gasteiger partial charge in [-0.3, -0.25) is 0 Å². The first-order chi connectivity index (χ1) is 12.2. The van der Waals surface area contributed by atoms with Crippen molar-refractivity contribution in [1.82, 2.24) is 4.98 Å². The Bertz CT molecular complexity index is 1090. The largest absolute Gasteiger partial charge is 0.454 e. The van der Waals surface area contributed by atoms with Gasteiger partial charge in [0.1, 0.15) is 28.7 Å². The van der Waals surface area contributed by atoms with Crippen molar-refractivity contribution >= 4 is 28.4 Å². The topological polar surface area (TPSA) is 75.8 Å². The third-order valence-electron chi connectivity index (χ3n) is 3.99. The number of para-hydroxylation sites is 1. The number of fused-ring (bicyclic) bond motifs is 1. The SMILES string of the molecule is N#Cc1c(-c2ccc(Cl)cc2)cc(-c2cc3ccccc3o2)nc1N. The Morgan fingerprint density at radius 3 is 2.52 bits per heavy atom. The van der Waals surface area contributed by atoms with Gasteiger partial charge in [-0.2, -0.15) is 5.26 Å². The summed E-state index contributed by atoms with van der Waals surface area (Å²) in [5.74, 6) is 0.776. The van der Waals surface area contributed by atoms with Gasteiger partial charge in [-0.1, -0.05) is 41.9 Å². The van der Waals surface area contributed by atoms with Crippen molar-refractivity contribution < 1.29 is 4.42 Å². The maximum absolute atomic E-state index is 9.47. The van der Waals surface area contributed by atoms with Gasteiger partial charge in [-0.15, -0.1) is 0 Å². The predicted octanol–water partition coefficient (Wildman–Crippen LogP) is 5.27. The summed E-state index contributed by atoms with van der Waals surface area (Å²) < 4.78 is 5.87. The van der Waals surface area contributed by atoms with Gasteiger partial charge < -0.3 is 10.2 Å². The summed E-state index contributed by atoms with van der Waals surface area (Å²) in [6, 6.07) is 20.8. The second-order valence-corrected chi connectivity index (χ2v) is 6.02. The number of rotatable bonds is 2. The molecule has 0 fully saturated rings. The highest BCUT2D eigenvalue weighted by atomic mass is 35.5. The summed E-state index contributed by atoms with van der Waals surface area (Å²) in [6.07, 6.45) is 0. The minimum Gasteiger partial charge on any atom is -0.454 e. The van der Waals surface area contributed by atoms with Crippen LogP contribution in [0.15, 0.2) is 65.1 Å². The molecule has 2 N–H and O–H groups in total. The fraction of sp³-hybridized carbons (Fsp3) is 0. The van der Waals surface area contributed by atoms with E-state index < -0.39 is 0 Å². The molecule has 2 heterocycles. The standard InChI is InChI=1S/C20H12ClN3O/c21-14-7-5-12(6-8-14)15-10-17(24-20(23)16(15)11-22)19-9-13-3-1-2-4-18(13)25-19/h1-10H,(H2,23,24). The van der Waals surface area contributed by atoms with Crippen molar-refractivity contribution in [2.24, 2.45) is 0 Å². The van der Waals surface area contributed by atoms with E-state index >= 15 is 0 Å². The number of nitrogen functional groups attached to an aromatic ring is 1. The van der Waals surface area contributed by atoms with Crippen molar-refractivity contribution in [3.63, 3.8) is 0 Å². The van der Waals surface area contributed by atoms with Gasteiger partial charge in [-0.25, -0.2) is 4.98 Å². The zero-order chi connectivity index (χ0) is 17.4. The van der Waals surface area contributed by atoms with Crippen LogP contribution in [0.4, 0.5) is 5.82 Å². The number of hydrogen-bond donors (Lipinski definition) is 1. The molecule has 0 saturated carbocycles. The van der Waals surface area contributed by atoms with Crippen LogP contribution in [0, 0.1) is 11.3 Å². The highest BCUT2D eigenvalue weighted by Crippen LogP contribution is 2.33. The first kappa shape index (κ1) is 15.3. The van der Waals surface area contributed by atoms with Crippen molar-refractivity contribution in [1.29, 1.82) is 5.26 Å². The molecule has 120 valence electrons. The molecule has 0 radical (unpaired) electrons. The van der Waals surface area contributed by atoms with Crippen LogP contribution in [0.25, 0.3) is 33.6 Å². The molecule has 0 unspecified atom stereocenters. The summed E-state index contributed by atoms with van der Waals surface area (Å²) in [6.45, 7) is 0. The van der Waals surface area contributed by atoms with Gasteiger partial charge in [0.2, 0.25) is 0 Å². The van der Waals surface area contributed by atoms with Crippen LogP contribution >= 0.6 is 11.6 Å². The lowest BCUT2D eigenvalue weighted by Crippen LogP contribution is -1.99. The molecule has 0 atom stereocenters. The molecular weight excluding hydrogens is 334 g/mol. The number of halogens is 1. The van der Waals surface area contributed by atoms with E-state index in [0.717, 1.165) is 16.5 Å². The lowest BCUT2D eigenvalue weighted by Gasteiger charge is -2.09. The third-order valence-corrected chi connectivity index (χ3v) is 4.24. The van der Waals surface area contributed by atoms with Crippen LogP contribution in [0.5, 0.6) is 0 Å². The number of benzene rings is 2. The van der Waals surface area contributed by atoms with E-state index in [1.165, 1.54) is 0 Å². The molecule has 0 spiro atoms. The van der Waals surface area contributed by atoms with E-state index in [0.29, 0.717) is 27.6 Å². The van der Waals surface area contributed by atoms with Crippen LogP contribution in [0.1, 0.15) is 5.56 Å². The Labute approximate surface area is 149 Å². The maximum atomic E-state index is 9.47. The molecule has 0 bridgehead atoms. The monoisotopic (exact) mass is 345 g/mol. The first-order valence-electron chi connectivity index (χ1n) is 7.61. The molecule has 0 aliphatic rings. The van der Waals surface area contributed by atoms with E-state index in [-0.39, 0.29) is 5.82 Å². The van der Waals surface area contributed by atoms with Gasteiger partial charge in [0.05, 0.1) is 0 Å². The number of nitrogens with zero attached hydrogens (tertiary/aromatic N) is 2. The minimum absolute atomic E-state index is 0.172. The molecule has 25 heavy (non-hydrogen) atoms. The molecular formula is C20H12ClN3O. The van der Waals surface area contributed by atoms with E-state index in [1.54, 1.807) is 12.1 Å². The molecule has 5 heteroatoms. The van der Waals surface area contributed by atoms with Crippen LogP contribution in [0.3, 0.4) is 0 Å². The third kappa shape index (κ3) is 2.71. The normalized spacial score (nSPS) is 10.7. The number of hydrogen-bond acceptors (Lipinski definition) is 4. The van der Waals surface area contributed by atoms with Crippen LogP contribution in [-0.2, 0) is 0 Å². The van der Waals surface area contributed by atoms with Crippen molar-refractivity contribution in [3.8, 4) is 28.7 Å². The number of nitrogens with two attached hydrogens (primary N) is 1. The summed E-state index contributed by atoms with van der Waals surface area (Å²) in [7, 11) is 0. The number of aromatic nitrogens is 1. The van der Waals surface area contributed by atoms with Crippen molar-refractivity contribution in [3.05, 3.63) is 71.2 Å². The van der Waals surface area contributed by atoms with Gasteiger partial charge in [0.25, 0.3) is 0 Å². The quantitative estimate of drug-likeness (QED) is 0.537. The summed E-state index contributed by atoms with van der Waals surface area (Å²) >= 11 is 5.96. The molecule has 2 aromatic heterocycles. The van der Waals surface area contributed by atoms with E-state index in [1.807, 2.05) is 48.5 Å². The lowest BCUT2D eigenvalue weighted by atomic mass is 10.00. The van der Waals surface area contributed by atoms with Gasteiger partial charge >= 0.3 is 0 Å². The van der Waals surface area contributed by atoms with Gasteiger partial charge in [0, 0.05) is 16.0 Å². The van der Waals surface area contributed by atoms with Crippen LogP contribution < -0.4 is 5.73 Å². The summed E-state index contributed by atoms with van der Waals surface area (Å²) in [5, 5.41) is 11.1. The number of anilines is 1. The molecule has 0 aliphatic carbocycles. The second-order valence-electron chi connectivity index (χ2n) is 5.58. The molecule has 0 aliphatic heterocycles. The Hall–Kier alpha value is -3.29. The lowest BCUT2D eigenvalue weighted by molar-refractivity contribution is 0.629. The molecule has 4 rings (SSSR count). The van der Waals surface area contributed by atoms with Crippen molar-refractivity contribution in [2.75, 3.05) is 5.73 Å². The molecule has 0 amide bonds. The van der Waals surface area contributed by atoms with Crippen molar-refractivity contribution in [2.45, 2.75) is 0 Å². The Kier molecular flexibility index (Phi) is 3.64.